The molecule has 1 saturated heterocycles. The maximum absolute atomic E-state index is 12.5. The number of nitrogens with one attached hydrogen (secondary N) is 3. The summed E-state index contributed by atoms with van der Waals surface area (Å²) in [5, 5.41) is 7.19. The van der Waals surface area contributed by atoms with Gasteiger partial charge in [-0.25, -0.2) is 4.79 Å². The molecule has 29 heavy (non-hydrogen) atoms. The maximum Gasteiger partial charge on any atom is 0.319 e. The Kier molecular flexibility index (Phi) is 5.71. The monoisotopic (exact) mass is 392 g/mol. The largest absolute Gasteiger partial charge is 0.372 e. The molecule has 6 nitrogen and oxygen atoms in total. The van der Waals surface area contributed by atoms with Gasteiger partial charge in [0.05, 0.1) is 23.6 Å². The van der Waals surface area contributed by atoms with Gasteiger partial charge in [-0.2, -0.15) is 0 Å². The number of amides is 2. The first kappa shape index (κ1) is 19.3. The van der Waals surface area contributed by atoms with Crippen LogP contribution in [-0.2, 0) is 11.2 Å². The van der Waals surface area contributed by atoms with Gasteiger partial charge in [-0.05, 0) is 44.0 Å². The molecule has 1 aliphatic rings. The summed E-state index contributed by atoms with van der Waals surface area (Å²) in [4.78, 5) is 18.0. The number of H-pyrrole nitrogens is 1. The van der Waals surface area contributed by atoms with Crippen LogP contribution < -0.4 is 15.5 Å². The fourth-order valence-corrected chi connectivity index (χ4v) is 4.05. The smallest absolute Gasteiger partial charge is 0.319 e. The van der Waals surface area contributed by atoms with Crippen LogP contribution in [0.1, 0.15) is 19.4 Å². The second-order valence-corrected chi connectivity index (χ2v) is 7.67. The topological polar surface area (TPSA) is 69.4 Å². The Morgan fingerprint density at radius 2 is 1.83 bits per heavy atom. The third-order valence-corrected chi connectivity index (χ3v) is 5.27. The van der Waals surface area contributed by atoms with Gasteiger partial charge in [-0.1, -0.05) is 30.3 Å². The van der Waals surface area contributed by atoms with Crippen molar-refractivity contribution in [1.82, 2.24) is 10.3 Å². The fraction of sp³-hybridized carbons (Fsp3) is 0.348. The molecule has 152 valence electrons. The van der Waals surface area contributed by atoms with Crippen molar-refractivity contribution in [2.45, 2.75) is 32.5 Å². The van der Waals surface area contributed by atoms with Crippen molar-refractivity contribution in [3.8, 4) is 0 Å². The SMILES string of the molecule is CC1CN(c2ccccc2NC(=O)NCCc2c[nH]c3ccccc23)CC(C)O1. The number of para-hydroxylation sites is 3. The average molecular weight is 393 g/mol. The third-order valence-electron chi connectivity index (χ3n) is 5.27. The Hall–Kier alpha value is -2.99. The van der Waals surface area contributed by atoms with E-state index >= 15 is 0 Å². The van der Waals surface area contributed by atoms with Crippen molar-refractivity contribution in [3.63, 3.8) is 0 Å². The number of carbonyl (C=O) groups is 1. The average Bonchev–Trinajstić information content (AvgIpc) is 3.11. The minimum Gasteiger partial charge on any atom is -0.372 e. The van der Waals surface area contributed by atoms with Crippen LogP contribution in [0.5, 0.6) is 0 Å². The summed E-state index contributed by atoms with van der Waals surface area (Å²) < 4.78 is 5.83. The van der Waals surface area contributed by atoms with E-state index in [1.54, 1.807) is 0 Å². The van der Waals surface area contributed by atoms with Gasteiger partial charge in [0.15, 0.2) is 0 Å². The zero-order valence-electron chi connectivity index (χ0n) is 16.9. The number of hydrogen-bond donors (Lipinski definition) is 3. The minimum absolute atomic E-state index is 0.164. The molecule has 0 spiro atoms. The van der Waals surface area contributed by atoms with Crippen LogP contribution in [0, 0.1) is 0 Å². The Morgan fingerprint density at radius 1 is 1.10 bits per heavy atom. The number of benzene rings is 2. The van der Waals surface area contributed by atoms with E-state index in [0.717, 1.165) is 36.4 Å². The van der Waals surface area contributed by atoms with E-state index in [9.17, 15) is 4.79 Å². The van der Waals surface area contributed by atoms with Gasteiger partial charge >= 0.3 is 6.03 Å². The maximum atomic E-state index is 12.5. The lowest BCUT2D eigenvalue weighted by Crippen LogP contribution is -2.45. The molecule has 3 aromatic rings. The summed E-state index contributed by atoms with van der Waals surface area (Å²) in [7, 11) is 0. The molecule has 2 amide bonds. The number of rotatable bonds is 5. The second kappa shape index (κ2) is 8.57. The summed E-state index contributed by atoms with van der Waals surface area (Å²) in [6, 6.07) is 16.0. The standard InChI is InChI=1S/C23H28N4O2/c1-16-14-27(15-17(2)29-16)22-10-6-5-9-21(22)26-23(28)24-12-11-18-13-25-20-8-4-3-7-19(18)20/h3-10,13,16-17,25H,11-12,14-15H2,1-2H3,(H2,24,26,28). The number of aromatic amines is 1. The van der Waals surface area contributed by atoms with E-state index in [0.29, 0.717) is 6.54 Å². The Labute approximate surface area is 171 Å². The zero-order valence-corrected chi connectivity index (χ0v) is 16.9. The minimum atomic E-state index is -0.188. The molecule has 0 radical (unpaired) electrons. The number of carbonyl (C=O) groups excluding carboxylic acids is 1. The normalized spacial score (nSPS) is 19.3. The summed E-state index contributed by atoms with van der Waals surface area (Å²) in [6.07, 6.45) is 3.12. The van der Waals surface area contributed by atoms with E-state index in [1.807, 2.05) is 42.6 Å². The lowest BCUT2D eigenvalue weighted by atomic mass is 10.1. The first-order valence-corrected chi connectivity index (χ1v) is 10.2. The van der Waals surface area contributed by atoms with E-state index in [2.05, 4.69) is 46.5 Å². The molecule has 0 bridgehead atoms. The highest BCUT2D eigenvalue weighted by atomic mass is 16.5. The molecule has 3 N–H and O–H groups in total. The van der Waals surface area contributed by atoms with Gasteiger partial charge in [0.2, 0.25) is 0 Å². The molecule has 2 unspecified atom stereocenters. The van der Waals surface area contributed by atoms with Gasteiger partial charge in [0, 0.05) is 36.7 Å². The van der Waals surface area contributed by atoms with Crippen LogP contribution in [0.3, 0.4) is 0 Å². The molecule has 1 aliphatic heterocycles. The number of aromatic nitrogens is 1. The van der Waals surface area contributed by atoms with Crippen molar-refractivity contribution in [2.75, 3.05) is 29.9 Å². The van der Waals surface area contributed by atoms with E-state index in [-0.39, 0.29) is 18.2 Å². The van der Waals surface area contributed by atoms with Crippen LogP contribution in [-0.4, -0.2) is 42.9 Å². The Bertz CT molecular complexity index is 974. The number of morpholine rings is 1. The van der Waals surface area contributed by atoms with E-state index in [4.69, 9.17) is 4.74 Å². The highest BCUT2D eigenvalue weighted by molar-refractivity contribution is 5.93. The number of ether oxygens (including phenoxy) is 1. The molecule has 0 aliphatic carbocycles. The lowest BCUT2D eigenvalue weighted by Gasteiger charge is -2.37. The van der Waals surface area contributed by atoms with E-state index < -0.39 is 0 Å². The Morgan fingerprint density at radius 3 is 2.66 bits per heavy atom. The molecule has 0 saturated carbocycles. The molecule has 1 aromatic heterocycles. The fourth-order valence-electron chi connectivity index (χ4n) is 4.05. The van der Waals surface area contributed by atoms with Crippen LogP contribution in [0.4, 0.5) is 16.2 Å². The van der Waals surface area contributed by atoms with E-state index in [1.165, 1.54) is 10.9 Å². The highest BCUT2D eigenvalue weighted by Gasteiger charge is 2.24. The van der Waals surface area contributed by atoms with Gasteiger partial charge < -0.3 is 25.3 Å². The third kappa shape index (κ3) is 4.54. The lowest BCUT2D eigenvalue weighted by molar-refractivity contribution is -0.00517. The second-order valence-electron chi connectivity index (χ2n) is 7.67. The molecule has 4 rings (SSSR count). The molecule has 6 heteroatoms. The number of urea groups is 1. The van der Waals surface area contributed by atoms with Crippen molar-refractivity contribution in [2.24, 2.45) is 0 Å². The summed E-state index contributed by atoms with van der Waals surface area (Å²) >= 11 is 0. The van der Waals surface area contributed by atoms with Crippen LogP contribution in [0.25, 0.3) is 10.9 Å². The first-order valence-electron chi connectivity index (χ1n) is 10.2. The molecule has 2 atom stereocenters. The van der Waals surface area contributed by atoms with Gasteiger partial charge in [0.25, 0.3) is 0 Å². The predicted molar refractivity (Wildman–Crippen MR) is 118 cm³/mol. The van der Waals surface area contributed by atoms with Crippen molar-refractivity contribution < 1.29 is 9.53 Å². The summed E-state index contributed by atoms with van der Waals surface area (Å²) in [6.45, 7) is 6.35. The molecule has 2 aromatic carbocycles. The zero-order chi connectivity index (χ0) is 20.2. The summed E-state index contributed by atoms with van der Waals surface area (Å²) in [5.74, 6) is 0. The number of nitrogens with zero attached hydrogens (tertiary/aromatic N) is 1. The molecule has 1 fully saturated rings. The first-order chi connectivity index (χ1) is 14.1. The van der Waals surface area contributed by atoms with Gasteiger partial charge in [-0.15, -0.1) is 0 Å². The van der Waals surface area contributed by atoms with Crippen molar-refractivity contribution in [3.05, 3.63) is 60.3 Å². The molecule has 2 heterocycles. The summed E-state index contributed by atoms with van der Waals surface area (Å²) in [5.41, 5.74) is 4.17. The molecular formula is C23H28N4O2. The quantitative estimate of drug-likeness (QED) is 0.611. The van der Waals surface area contributed by atoms with Crippen LogP contribution in [0.2, 0.25) is 0 Å². The number of hydrogen-bond acceptors (Lipinski definition) is 3. The number of anilines is 2. The van der Waals surface area contributed by atoms with Crippen LogP contribution in [0.15, 0.2) is 54.7 Å². The number of fused-ring (bicyclic) bond motifs is 1. The van der Waals surface area contributed by atoms with Gasteiger partial charge in [0.1, 0.15) is 0 Å². The van der Waals surface area contributed by atoms with Gasteiger partial charge in [-0.3, -0.25) is 0 Å². The van der Waals surface area contributed by atoms with Crippen molar-refractivity contribution in [1.29, 1.82) is 0 Å². The predicted octanol–water partition coefficient (Wildman–Crippen LogP) is 4.15. The highest BCUT2D eigenvalue weighted by Crippen LogP contribution is 2.28. The Balaban J connectivity index is 1.36. The molecular weight excluding hydrogens is 364 g/mol. The van der Waals surface area contributed by atoms with Crippen molar-refractivity contribution >= 4 is 28.3 Å². The van der Waals surface area contributed by atoms with Crippen LogP contribution >= 0.6 is 0 Å².